The van der Waals surface area contributed by atoms with E-state index in [-0.39, 0.29) is 12.0 Å². The molecule has 0 aromatic carbocycles. The quantitative estimate of drug-likeness (QED) is 0.633. The minimum atomic E-state index is 0.117. The van der Waals surface area contributed by atoms with Crippen LogP contribution in [0.5, 0.6) is 0 Å². The topological polar surface area (TPSA) is 20.2 Å². The van der Waals surface area contributed by atoms with Crippen LogP contribution in [-0.2, 0) is 0 Å². The molecule has 0 rings (SSSR count). The van der Waals surface area contributed by atoms with Crippen LogP contribution in [0.2, 0.25) is 0 Å². The molecule has 17 heavy (non-hydrogen) atoms. The lowest BCUT2D eigenvalue weighted by molar-refractivity contribution is 0.231. The number of aliphatic hydroxyl groups is 1. The van der Waals surface area contributed by atoms with E-state index in [1.807, 2.05) is 0 Å². The molecular weight excluding hydrogens is 208 g/mol. The molecule has 0 heterocycles. The summed E-state index contributed by atoms with van der Waals surface area (Å²) in [5.41, 5.74) is 1.64. The molecule has 0 radical (unpaired) electrons. The molecule has 0 aliphatic carbocycles. The Morgan fingerprint density at radius 3 is 1.88 bits per heavy atom. The molecule has 1 heteroatoms. The zero-order valence-electron chi connectivity index (χ0n) is 12.9. The van der Waals surface area contributed by atoms with Crippen molar-refractivity contribution in [1.82, 2.24) is 0 Å². The highest BCUT2D eigenvalue weighted by Crippen LogP contribution is 2.38. The van der Waals surface area contributed by atoms with E-state index in [1.54, 1.807) is 0 Å². The second-order valence-corrected chi connectivity index (χ2v) is 6.44. The monoisotopic (exact) mass is 240 g/mol. The maximum atomic E-state index is 9.61. The van der Waals surface area contributed by atoms with E-state index in [9.17, 15) is 5.11 Å². The Balaban J connectivity index is 5.17. The van der Waals surface area contributed by atoms with Gasteiger partial charge in [0.1, 0.15) is 0 Å². The molecule has 0 spiro atoms. The van der Waals surface area contributed by atoms with E-state index >= 15 is 0 Å². The Kier molecular flexibility index (Phi) is 6.47. The standard InChI is InChI=1S/C16H32O/c1-8-13(15(4,5)9-2)11-14(12-17)16(6,7)10-3/h11,13,17H,8-10,12H2,1-7H3/b14-11+/t13-/m1/s1. The highest BCUT2D eigenvalue weighted by Gasteiger charge is 2.27. The molecule has 0 aliphatic heterocycles. The van der Waals surface area contributed by atoms with Gasteiger partial charge >= 0.3 is 0 Å². The zero-order valence-corrected chi connectivity index (χ0v) is 12.9. The first kappa shape index (κ1) is 16.7. The third-order valence-corrected chi connectivity index (χ3v) is 4.68. The summed E-state index contributed by atoms with van der Waals surface area (Å²) in [6.07, 6.45) is 5.73. The van der Waals surface area contributed by atoms with Crippen molar-refractivity contribution in [3.8, 4) is 0 Å². The highest BCUT2D eigenvalue weighted by molar-refractivity contribution is 5.15. The van der Waals surface area contributed by atoms with Crippen LogP contribution in [0, 0.1) is 16.7 Å². The van der Waals surface area contributed by atoms with Gasteiger partial charge in [0.05, 0.1) is 6.61 Å². The fourth-order valence-corrected chi connectivity index (χ4v) is 2.12. The molecule has 0 aliphatic rings. The number of aliphatic hydroxyl groups excluding tert-OH is 1. The molecule has 1 nitrogen and oxygen atoms in total. The summed E-state index contributed by atoms with van der Waals surface area (Å²) in [5, 5.41) is 9.61. The third kappa shape index (κ3) is 4.46. The molecule has 0 amide bonds. The third-order valence-electron chi connectivity index (χ3n) is 4.68. The Morgan fingerprint density at radius 2 is 1.59 bits per heavy atom. The lowest BCUT2D eigenvalue weighted by Crippen LogP contribution is -2.24. The summed E-state index contributed by atoms with van der Waals surface area (Å²) < 4.78 is 0. The Labute approximate surface area is 108 Å². The molecule has 0 unspecified atom stereocenters. The first-order valence-electron chi connectivity index (χ1n) is 7.07. The second kappa shape index (κ2) is 6.58. The number of rotatable bonds is 7. The van der Waals surface area contributed by atoms with Gasteiger partial charge in [0, 0.05) is 0 Å². The van der Waals surface area contributed by atoms with Crippen LogP contribution < -0.4 is 0 Å². The summed E-state index contributed by atoms with van der Waals surface area (Å²) in [6, 6.07) is 0. The molecule has 0 aromatic heterocycles. The molecule has 0 bridgehead atoms. The van der Waals surface area contributed by atoms with Crippen LogP contribution in [0.15, 0.2) is 11.6 Å². The molecular formula is C16H32O. The summed E-state index contributed by atoms with van der Waals surface area (Å²) in [4.78, 5) is 0. The van der Waals surface area contributed by atoms with Crippen LogP contribution in [0.3, 0.4) is 0 Å². The first-order chi connectivity index (χ1) is 7.75. The predicted molar refractivity (Wildman–Crippen MR) is 77.1 cm³/mol. The van der Waals surface area contributed by atoms with Crippen LogP contribution in [0.25, 0.3) is 0 Å². The normalized spacial score (nSPS) is 16.1. The Bertz CT molecular complexity index is 248. The summed E-state index contributed by atoms with van der Waals surface area (Å²) in [6.45, 7) is 16.0. The summed E-state index contributed by atoms with van der Waals surface area (Å²) in [7, 11) is 0. The van der Waals surface area contributed by atoms with E-state index in [1.165, 1.54) is 12.0 Å². The van der Waals surface area contributed by atoms with Crippen molar-refractivity contribution < 1.29 is 5.11 Å². The van der Waals surface area contributed by atoms with Crippen molar-refractivity contribution in [3.05, 3.63) is 11.6 Å². The van der Waals surface area contributed by atoms with Gasteiger partial charge in [0.25, 0.3) is 0 Å². The fraction of sp³-hybridized carbons (Fsp3) is 0.875. The molecule has 0 aromatic rings. The number of allylic oxidation sites excluding steroid dienone is 1. The van der Waals surface area contributed by atoms with Crippen LogP contribution in [-0.4, -0.2) is 11.7 Å². The maximum absolute atomic E-state index is 9.61. The van der Waals surface area contributed by atoms with Crippen LogP contribution in [0.4, 0.5) is 0 Å². The maximum Gasteiger partial charge on any atom is 0.0647 e. The largest absolute Gasteiger partial charge is 0.392 e. The minimum Gasteiger partial charge on any atom is -0.392 e. The lowest BCUT2D eigenvalue weighted by atomic mass is 9.72. The van der Waals surface area contributed by atoms with Crippen molar-refractivity contribution in [1.29, 1.82) is 0 Å². The van der Waals surface area contributed by atoms with Crippen LogP contribution in [0.1, 0.15) is 67.7 Å². The first-order valence-corrected chi connectivity index (χ1v) is 7.07. The fourth-order valence-electron chi connectivity index (χ4n) is 2.12. The molecule has 1 N–H and O–H groups in total. The van der Waals surface area contributed by atoms with E-state index in [0.29, 0.717) is 11.3 Å². The summed E-state index contributed by atoms with van der Waals surface area (Å²) >= 11 is 0. The number of hydrogen-bond donors (Lipinski definition) is 1. The minimum absolute atomic E-state index is 0.117. The highest BCUT2D eigenvalue weighted by atomic mass is 16.3. The van der Waals surface area contributed by atoms with Crippen molar-refractivity contribution >= 4 is 0 Å². The smallest absolute Gasteiger partial charge is 0.0647 e. The average molecular weight is 240 g/mol. The van der Waals surface area contributed by atoms with Gasteiger partial charge in [-0.2, -0.15) is 0 Å². The van der Waals surface area contributed by atoms with Gasteiger partial charge in [-0.15, -0.1) is 0 Å². The SMILES string of the molecule is CC[C@H](/C=C(\CO)C(C)(C)CC)C(C)(C)CC. The number of hydrogen-bond acceptors (Lipinski definition) is 1. The van der Waals surface area contributed by atoms with Gasteiger partial charge in [0.2, 0.25) is 0 Å². The van der Waals surface area contributed by atoms with Gasteiger partial charge in [-0.1, -0.05) is 61.0 Å². The van der Waals surface area contributed by atoms with Crippen molar-refractivity contribution in [3.63, 3.8) is 0 Å². The Hall–Kier alpha value is -0.300. The second-order valence-electron chi connectivity index (χ2n) is 6.44. The van der Waals surface area contributed by atoms with Crippen molar-refractivity contribution in [2.45, 2.75) is 67.7 Å². The van der Waals surface area contributed by atoms with Gasteiger partial charge < -0.3 is 5.11 Å². The molecule has 102 valence electrons. The van der Waals surface area contributed by atoms with E-state index in [4.69, 9.17) is 0 Å². The molecule has 0 saturated heterocycles. The molecule has 0 fully saturated rings. The van der Waals surface area contributed by atoms with Crippen molar-refractivity contribution in [2.24, 2.45) is 16.7 Å². The van der Waals surface area contributed by atoms with E-state index in [2.05, 4.69) is 54.5 Å². The van der Waals surface area contributed by atoms with Crippen LogP contribution >= 0.6 is 0 Å². The predicted octanol–water partition coefficient (Wildman–Crippen LogP) is 4.80. The van der Waals surface area contributed by atoms with Gasteiger partial charge in [-0.3, -0.25) is 0 Å². The van der Waals surface area contributed by atoms with Gasteiger partial charge in [-0.05, 0) is 35.2 Å². The van der Waals surface area contributed by atoms with E-state index < -0.39 is 0 Å². The van der Waals surface area contributed by atoms with Gasteiger partial charge in [0.15, 0.2) is 0 Å². The molecule has 1 atom stereocenters. The zero-order chi connectivity index (χ0) is 13.7. The van der Waals surface area contributed by atoms with Gasteiger partial charge in [-0.25, -0.2) is 0 Å². The molecule has 0 saturated carbocycles. The lowest BCUT2D eigenvalue weighted by Gasteiger charge is -2.34. The van der Waals surface area contributed by atoms with Crippen molar-refractivity contribution in [2.75, 3.05) is 6.61 Å². The average Bonchev–Trinajstić information content (AvgIpc) is 2.29. The summed E-state index contributed by atoms with van der Waals surface area (Å²) in [5.74, 6) is 0.556. The van der Waals surface area contributed by atoms with E-state index in [0.717, 1.165) is 12.8 Å². The Morgan fingerprint density at radius 1 is 1.06 bits per heavy atom.